The van der Waals surface area contributed by atoms with Gasteiger partial charge < -0.3 is 0 Å². The summed E-state index contributed by atoms with van der Waals surface area (Å²) in [5.74, 6) is -0.0839. The third-order valence-corrected chi connectivity index (χ3v) is 3.22. The number of halogens is 2. The first-order valence-corrected chi connectivity index (χ1v) is 5.73. The highest BCUT2D eigenvalue weighted by Crippen LogP contribution is 2.27. The molecule has 0 N–H and O–H groups in total. The summed E-state index contributed by atoms with van der Waals surface area (Å²) < 4.78 is 14.3. The summed E-state index contributed by atoms with van der Waals surface area (Å²) >= 11 is 4.76. The summed E-state index contributed by atoms with van der Waals surface area (Å²) in [5, 5.41) is 0. The first kappa shape index (κ1) is 10.1. The highest BCUT2D eigenvalue weighted by Gasteiger charge is 2.08. The standard InChI is InChI=1S/C9H10BrFS/c1-3-6-7(10)4-5-8(12-2)9(6)11/h4-5H,3H2,1-2H3. The molecule has 0 saturated heterocycles. The highest BCUT2D eigenvalue weighted by molar-refractivity contribution is 9.10. The average Bonchev–Trinajstić information content (AvgIpc) is 2.06. The lowest BCUT2D eigenvalue weighted by Gasteiger charge is -2.06. The smallest absolute Gasteiger partial charge is 0.141 e. The van der Waals surface area contributed by atoms with E-state index in [1.165, 1.54) is 11.8 Å². The van der Waals surface area contributed by atoms with Gasteiger partial charge in [-0.3, -0.25) is 0 Å². The van der Waals surface area contributed by atoms with Crippen LogP contribution in [0.2, 0.25) is 0 Å². The molecule has 0 nitrogen and oxygen atoms in total. The number of benzene rings is 1. The molecule has 0 radical (unpaired) electrons. The minimum atomic E-state index is -0.0839. The van der Waals surface area contributed by atoms with Crippen molar-refractivity contribution in [1.29, 1.82) is 0 Å². The summed E-state index contributed by atoms with van der Waals surface area (Å²) in [6.45, 7) is 1.95. The van der Waals surface area contributed by atoms with Crippen LogP contribution in [0.25, 0.3) is 0 Å². The second kappa shape index (κ2) is 4.28. The van der Waals surface area contributed by atoms with Crippen LogP contribution in [0.4, 0.5) is 4.39 Å². The Morgan fingerprint density at radius 1 is 1.50 bits per heavy atom. The molecule has 1 aromatic carbocycles. The largest absolute Gasteiger partial charge is 0.205 e. The van der Waals surface area contributed by atoms with Crippen LogP contribution in [0.5, 0.6) is 0 Å². The lowest BCUT2D eigenvalue weighted by atomic mass is 10.1. The van der Waals surface area contributed by atoms with Crippen LogP contribution in [0.15, 0.2) is 21.5 Å². The van der Waals surface area contributed by atoms with Crippen molar-refractivity contribution in [2.24, 2.45) is 0 Å². The fraction of sp³-hybridized carbons (Fsp3) is 0.333. The van der Waals surface area contributed by atoms with Crippen molar-refractivity contribution in [3.8, 4) is 0 Å². The first-order valence-electron chi connectivity index (χ1n) is 3.71. The topological polar surface area (TPSA) is 0 Å². The van der Waals surface area contributed by atoms with Crippen molar-refractivity contribution in [3.63, 3.8) is 0 Å². The van der Waals surface area contributed by atoms with Gasteiger partial charge in [-0.05, 0) is 24.8 Å². The Hall–Kier alpha value is -0.0200. The summed E-state index contributed by atoms with van der Waals surface area (Å²) in [6, 6.07) is 3.69. The van der Waals surface area contributed by atoms with E-state index in [1.54, 1.807) is 6.07 Å². The van der Waals surface area contributed by atoms with Gasteiger partial charge in [-0.1, -0.05) is 22.9 Å². The van der Waals surface area contributed by atoms with Gasteiger partial charge in [0, 0.05) is 14.9 Å². The summed E-state index contributed by atoms with van der Waals surface area (Å²) in [6.07, 6.45) is 2.60. The molecule has 0 unspecified atom stereocenters. The van der Waals surface area contributed by atoms with Crippen LogP contribution >= 0.6 is 27.7 Å². The van der Waals surface area contributed by atoms with Gasteiger partial charge in [0.05, 0.1) is 0 Å². The second-order valence-electron chi connectivity index (χ2n) is 2.40. The molecule has 0 aliphatic carbocycles. The van der Waals surface area contributed by atoms with Gasteiger partial charge in [-0.2, -0.15) is 0 Å². The van der Waals surface area contributed by atoms with Gasteiger partial charge in [0.15, 0.2) is 0 Å². The molecule has 0 heterocycles. The maximum atomic E-state index is 13.5. The summed E-state index contributed by atoms with van der Waals surface area (Å²) in [7, 11) is 0. The molecular weight excluding hydrogens is 239 g/mol. The minimum Gasteiger partial charge on any atom is -0.205 e. The van der Waals surface area contributed by atoms with Crippen molar-refractivity contribution in [3.05, 3.63) is 28.0 Å². The molecule has 0 atom stereocenters. The van der Waals surface area contributed by atoms with E-state index >= 15 is 0 Å². The number of hydrogen-bond donors (Lipinski definition) is 0. The van der Waals surface area contributed by atoms with Crippen molar-refractivity contribution in [2.45, 2.75) is 18.2 Å². The molecule has 0 spiro atoms. The molecule has 0 amide bonds. The van der Waals surface area contributed by atoms with E-state index in [0.717, 1.165) is 21.4 Å². The first-order chi connectivity index (χ1) is 5.70. The van der Waals surface area contributed by atoms with Gasteiger partial charge in [-0.15, -0.1) is 11.8 Å². The van der Waals surface area contributed by atoms with E-state index in [1.807, 2.05) is 19.2 Å². The average molecular weight is 249 g/mol. The molecule has 1 rings (SSSR count). The Morgan fingerprint density at radius 3 is 2.67 bits per heavy atom. The molecule has 0 fully saturated rings. The molecule has 0 aromatic heterocycles. The van der Waals surface area contributed by atoms with E-state index in [9.17, 15) is 4.39 Å². The molecule has 0 bridgehead atoms. The van der Waals surface area contributed by atoms with E-state index in [-0.39, 0.29) is 5.82 Å². The SMILES string of the molecule is CCc1c(Br)ccc(SC)c1F. The van der Waals surface area contributed by atoms with Crippen molar-refractivity contribution >= 4 is 27.7 Å². The van der Waals surface area contributed by atoms with Gasteiger partial charge in [-0.25, -0.2) is 4.39 Å². The molecule has 0 aliphatic rings. The summed E-state index contributed by atoms with van der Waals surface area (Å²) in [4.78, 5) is 0.718. The van der Waals surface area contributed by atoms with Crippen molar-refractivity contribution < 1.29 is 4.39 Å². The zero-order valence-corrected chi connectivity index (χ0v) is 9.43. The fourth-order valence-electron chi connectivity index (χ4n) is 1.06. The van der Waals surface area contributed by atoms with Gasteiger partial charge in [0.1, 0.15) is 5.82 Å². The van der Waals surface area contributed by atoms with Crippen molar-refractivity contribution in [1.82, 2.24) is 0 Å². The number of hydrogen-bond acceptors (Lipinski definition) is 1. The normalized spacial score (nSPS) is 10.3. The maximum absolute atomic E-state index is 13.5. The van der Waals surface area contributed by atoms with E-state index in [0.29, 0.717) is 0 Å². The van der Waals surface area contributed by atoms with Gasteiger partial charge in [0.25, 0.3) is 0 Å². The van der Waals surface area contributed by atoms with Gasteiger partial charge in [0.2, 0.25) is 0 Å². The van der Waals surface area contributed by atoms with Crippen molar-refractivity contribution in [2.75, 3.05) is 6.26 Å². The predicted octanol–water partition coefficient (Wildman–Crippen LogP) is 3.87. The Morgan fingerprint density at radius 2 is 2.17 bits per heavy atom. The molecule has 1 aromatic rings. The number of thioether (sulfide) groups is 1. The summed E-state index contributed by atoms with van der Waals surface area (Å²) in [5.41, 5.74) is 0.766. The van der Waals surface area contributed by atoms with E-state index in [4.69, 9.17) is 0 Å². The zero-order valence-electron chi connectivity index (χ0n) is 7.03. The van der Waals surface area contributed by atoms with Crippen LogP contribution in [-0.2, 0) is 6.42 Å². The van der Waals surface area contributed by atoms with Crippen LogP contribution < -0.4 is 0 Å². The van der Waals surface area contributed by atoms with Crippen LogP contribution in [-0.4, -0.2) is 6.26 Å². The third-order valence-electron chi connectivity index (χ3n) is 1.72. The zero-order chi connectivity index (χ0) is 9.14. The monoisotopic (exact) mass is 248 g/mol. The molecule has 0 aliphatic heterocycles. The Kier molecular flexibility index (Phi) is 3.59. The lowest BCUT2D eigenvalue weighted by molar-refractivity contribution is 0.585. The molecule has 12 heavy (non-hydrogen) atoms. The predicted molar refractivity (Wildman–Crippen MR) is 55.3 cm³/mol. The number of rotatable bonds is 2. The molecule has 3 heteroatoms. The maximum Gasteiger partial charge on any atom is 0.141 e. The van der Waals surface area contributed by atoms with Crippen LogP contribution in [0.1, 0.15) is 12.5 Å². The lowest BCUT2D eigenvalue weighted by Crippen LogP contribution is -1.91. The van der Waals surface area contributed by atoms with Gasteiger partial charge >= 0.3 is 0 Å². The van der Waals surface area contributed by atoms with E-state index in [2.05, 4.69) is 15.9 Å². The third kappa shape index (κ3) is 1.83. The quantitative estimate of drug-likeness (QED) is 0.717. The Bertz CT molecular complexity index is 286. The van der Waals surface area contributed by atoms with E-state index < -0.39 is 0 Å². The van der Waals surface area contributed by atoms with Crippen LogP contribution in [0.3, 0.4) is 0 Å². The molecule has 66 valence electrons. The Balaban J connectivity index is 3.24. The second-order valence-corrected chi connectivity index (χ2v) is 4.10. The molecular formula is C9H10BrFS. The fourth-order valence-corrected chi connectivity index (χ4v) is 2.15. The Labute approximate surface area is 84.7 Å². The van der Waals surface area contributed by atoms with Crippen LogP contribution in [0, 0.1) is 5.82 Å². The highest BCUT2D eigenvalue weighted by atomic mass is 79.9. The molecule has 0 saturated carbocycles. The minimum absolute atomic E-state index is 0.0839.